The molecule has 0 unspecified atom stereocenters. The normalized spacial score (nSPS) is 17.0. The van der Waals surface area contributed by atoms with E-state index in [1.807, 2.05) is 6.07 Å². The Morgan fingerprint density at radius 2 is 1.90 bits per heavy atom. The molecule has 1 aliphatic heterocycles. The van der Waals surface area contributed by atoms with E-state index in [1.54, 1.807) is 0 Å². The number of hydrogen-bond acceptors (Lipinski definition) is 3. The molecule has 0 saturated carbocycles. The molecule has 110 valence electrons. The van der Waals surface area contributed by atoms with E-state index in [1.165, 1.54) is 6.07 Å². The van der Waals surface area contributed by atoms with Crippen molar-refractivity contribution in [1.29, 1.82) is 0 Å². The maximum absolute atomic E-state index is 13.6. The van der Waals surface area contributed by atoms with Crippen LogP contribution in [0, 0.1) is 17.7 Å². The van der Waals surface area contributed by atoms with Crippen LogP contribution in [0.25, 0.3) is 0 Å². The van der Waals surface area contributed by atoms with Gasteiger partial charge in [-0.3, -0.25) is 4.90 Å². The second kappa shape index (κ2) is 9.60. The predicted octanol–water partition coefficient (Wildman–Crippen LogP) is -1.39. The monoisotopic (exact) mass is 289 g/mol. The molecule has 1 aromatic rings. The van der Waals surface area contributed by atoms with E-state index in [-0.39, 0.29) is 24.3 Å². The van der Waals surface area contributed by atoms with Gasteiger partial charge < -0.3 is 9.31 Å². The number of rotatable bonds is 4. The van der Waals surface area contributed by atoms with E-state index in [4.69, 9.17) is 9.31 Å². The Labute approximate surface area is 137 Å². The first-order valence-electron chi connectivity index (χ1n) is 7.03. The quantitative estimate of drug-likeness (QED) is 0.503. The Morgan fingerprint density at radius 3 is 2.48 bits per heavy atom. The molecule has 0 amide bonds. The molecule has 1 aliphatic rings. The van der Waals surface area contributed by atoms with Gasteiger partial charge in [-0.25, -0.2) is 8.78 Å². The van der Waals surface area contributed by atoms with E-state index in [2.05, 4.69) is 11.8 Å². The summed E-state index contributed by atoms with van der Waals surface area (Å²) >= 11 is 0. The van der Waals surface area contributed by atoms with Gasteiger partial charge in [-0.1, -0.05) is 18.8 Å². The molecular weight excluding hydrogens is 270 g/mol. The molecule has 0 spiro atoms. The van der Waals surface area contributed by atoms with E-state index in [0.717, 1.165) is 38.5 Å². The van der Waals surface area contributed by atoms with Crippen LogP contribution in [0.2, 0.25) is 0 Å². The van der Waals surface area contributed by atoms with Crippen LogP contribution in [0.4, 0.5) is 8.78 Å². The number of unbranched alkanes of at least 4 members (excludes halogenated alkanes) is 1. The third-order valence-electron chi connectivity index (χ3n) is 3.33. The summed E-state index contributed by atoms with van der Waals surface area (Å²) in [6.07, 6.45) is 2.29. The molecule has 1 heterocycles. The summed E-state index contributed by atoms with van der Waals surface area (Å²) in [4.78, 5) is 2.27. The summed E-state index contributed by atoms with van der Waals surface area (Å²) in [6.45, 7) is 5.70. The number of nitrogens with zero attached hydrogens (tertiary/aromatic N) is 1. The summed E-state index contributed by atoms with van der Waals surface area (Å²) in [7, 11) is -0.778. The number of hydrogen-bond donors (Lipinski definition) is 0. The van der Waals surface area contributed by atoms with E-state index < -0.39 is 18.8 Å². The van der Waals surface area contributed by atoms with Crippen molar-refractivity contribution < 1.29 is 37.0 Å². The predicted molar refractivity (Wildman–Crippen MR) is 73.8 cm³/mol. The number of benzene rings is 1. The van der Waals surface area contributed by atoms with Crippen LogP contribution in [-0.2, 0) is 9.31 Å². The largest absolute Gasteiger partial charge is 1.00 e. The Morgan fingerprint density at radius 1 is 1.24 bits per heavy atom. The fraction of sp³-hybridized carbons (Fsp3) is 0.571. The van der Waals surface area contributed by atoms with Crippen LogP contribution >= 0.6 is 0 Å². The van der Waals surface area contributed by atoms with Gasteiger partial charge in [0, 0.05) is 37.9 Å². The number of halogens is 2. The molecule has 0 atom stereocenters. The van der Waals surface area contributed by atoms with Crippen LogP contribution in [0.5, 0.6) is 0 Å². The van der Waals surface area contributed by atoms with Gasteiger partial charge in [0.15, 0.2) is 0 Å². The van der Waals surface area contributed by atoms with Gasteiger partial charge in [0.25, 0.3) is 0 Å². The summed E-state index contributed by atoms with van der Waals surface area (Å²) in [5.74, 6) is -1.47. The van der Waals surface area contributed by atoms with Crippen molar-refractivity contribution in [3.63, 3.8) is 0 Å². The third kappa shape index (κ3) is 5.73. The summed E-state index contributed by atoms with van der Waals surface area (Å²) in [6, 6.07) is 4.52. The SMILES string of the molecule is CCCCN1CCOB(c2ccc(F)[c-]c2F)OCC1.[Li+]. The Hall–Kier alpha value is -0.378. The maximum Gasteiger partial charge on any atom is 1.00 e. The van der Waals surface area contributed by atoms with Crippen molar-refractivity contribution in [2.45, 2.75) is 19.8 Å². The average molecular weight is 289 g/mol. The van der Waals surface area contributed by atoms with Gasteiger partial charge in [0.05, 0.1) is 0 Å². The molecule has 0 aromatic heterocycles. The molecule has 0 radical (unpaired) electrons. The average Bonchev–Trinajstić information content (AvgIpc) is 2.39. The first-order chi connectivity index (χ1) is 9.70. The maximum atomic E-state index is 13.6. The van der Waals surface area contributed by atoms with Gasteiger partial charge in [-0.15, -0.1) is 12.1 Å². The van der Waals surface area contributed by atoms with Gasteiger partial charge in [-0.2, -0.15) is 6.07 Å². The fourth-order valence-corrected chi connectivity index (χ4v) is 2.16. The molecule has 1 aromatic carbocycles. The molecule has 1 fully saturated rings. The van der Waals surface area contributed by atoms with Crippen LogP contribution in [0.3, 0.4) is 0 Å². The smallest absolute Gasteiger partial charge is 0.416 e. The van der Waals surface area contributed by atoms with Crippen LogP contribution < -0.4 is 24.3 Å². The zero-order valence-electron chi connectivity index (χ0n) is 12.7. The molecule has 0 aliphatic carbocycles. The van der Waals surface area contributed by atoms with Gasteiger partial charge in [0.1, 0.15) is 0 Å². The van der Waals surface area contributed by atoms with Crippen molar-refractivity contribution in [1.82, 2.24) is 4.90 Å². The fourth-order valence-electron chi connectivity index (χ4n) is 2.16. The van der Waals surface area contributed by atoms with Crippen molar-refractivity contribution in [2.75, 3.05) is 32.8 Å². The van der Waals surface area contributed by atoms with Crippen molar-refractivity contribution in [3.8, 4) is 0 Å². The first-order valence-corrected chi connectivity index (χ1v) is 7.03. The summed E-state index contributed by atoms with van der Waals surface area (Å²) in [5, 5.41) is 0. The summed E-state index contributed by atoms with van der Waals surface area (Å²) < 4.78 is 37.6. The minimum absolute atomic E-state index is 0. The molecule has 1 saturated heterocycles. The third-order valence-corrected chi connectivity index (χ3v) is 3.33. The zero-order valence-corrected chi connectivity index (χ0v) is 12.7. The molecule has 0 N–H and O–H groups in total. The zero-order chi connectivity index (χ0) is 14.4. The summed E-state index contributed by atoms with van der Waals surface area (Å²) in [5.41, 5.74) is 0.202. The molecule has 21 heavy (non-hydrogen) atoms. The van der Waals surface area contributed by atoms with Crippen molar-refractivity contribution >= 4 is 12.6 Å². The van der Waals surface area contributed by atoms with Gasteiger partial charge in [0.2, 0.25) is 0 Å². The van der Waals surface area contributed by atoms with Gasteiger partial charge >= 0.3 is 26.0 Å². The van der Waals surface area contributed by atoms with E-state index >= 15 is 0 Å². The topological polar surface area (TPSA) is 21.7 Å². The standard InChI is InChI=1S/C14H19BF2NO2.Li/c1-2-3-6-18-7-9-19-15(20-10-8-18)13-5-4-12(16)11-14(13)17;/h4-5H,2-3,6-10H2,1H3;/q-1;+1. The van der Waals surface area contributed by atoms with Crippen molar-refractivity contribution in [2.24, 2.45) is 0 Å². The Balaban J connectivity index is 0.00000220. The second-order valence-corrected chi connectivity index (χ2v) is 4.84. The van der Waals surface area contributed by atoms with E-state index in [9.17, 15) is 8.78 Å². The molecule has 0 bridgehead atoms. The molecular formula is C14H19BF2LiNO2. The molecule has 2 rings (SSSR count). The molecule has 3 nitrogen and oxygen atoms in total. The van der Waals surface area contributed by atoms with Crippen molar-refractivity contribution in [3.05, 3.63) is 29.8 Å². The van der Waals surface area contributed by atoms with E-state index in [0.29, 0.717) is 13.2 Å². The minimum atomic E-state index is -0.778. The minimum Gasteiger partial charge on any atom is -0.416 e. The van der Waals surface area contributed by atoms with Crippen LogP contribution in [0.1, 0.15) is 19.8 Å². The van der Waals surface area contributed by atoms with Crippen LogP contribution in [-0.4, -0.2) is 44.9 Å². The Bertz CT molecular complexity index is 429. The van der Waals surface area contributed by atoms with Gasteiger partial charge in [-0.05, 0) is 13.0 Å². The second-order valence-electron chi connectivity index (χ2n) is 4.84. The first kappa shape index (κ1) is 18.7. The Kier molecular flexibility index (Phi) is 8.54. The van der Waals surface area contributed by atoms with Crippen LogP contribution in [0.15, 0.2) is 12.1 Å². The molecule has 7 heteroatoms.